The molecule has 0 aromatic heterocycles. The van der Waals surface area contributed by atoms with Gasteiger partial charge in [-0.25, -0.2) is 0 Å². The Kier molecular flexibility index (Phi) is 4.65. The molecule has 0 aliphatic heterocycles. The molecule has 1 aromatic rings. The van der Waals surface area contributed by atoms with Crippen LogP contribution in [0.15, 0.2) is 18.2 Å². The summed E-state index contributed by atoms with van der Waals surface area (Å²) in [5.41, 5.74) is 1.17. The van der Waals surface area contributed by atoms with Gasteiger partial charge in [-0.2, -0.15) is 0 Å². The van der Waals surface area contributed by atoms with Gasteiger partial charge in [0.25, 0.3) is 0 Å². The van der Waals surface area contributed by atoms with E-state index in [2.05, 4.69) is 32.9 Å². The molecule has 0 aliphatic rings. The van der Waals surface area contributed by atoms with Crippen molar-refractivity contribution in [2.45, 2.75) is 20.8 Å². The first-order valence-electron chi connectivity index (χ1n) is 5.90. The minimum Gasteiger partial charge on any atom is -0.493 e. The van der Waals surface area contributed by atoms with Gasteiger partial charge in [-0.1, -0.05) is 32.9 Å². The Morgan fingerprint density at radius 1 is 0.889 bits per heavy atom. The van der Waals surface area contributed by atoms with Gasteiger partial charge < -0.3 is 14.2 Å². The van der Waals surface area contributed by atoms with Crippen LogP contribution < -0.4 is 14.2 Å². The summed E-state index contributed by atoms with van der Waals surface area (Å²) in [5.74, 6) is 1.96. The van der Waals surface area contributed by atoms with Gasteiger partial charge in [-0.15, -0.1) is 0 Å². The van der Waals surface area contributed by atoms with Crippen LogP contribution in [0.1, 0.15) is 26.3 Å². The minimum absolute atomic E-state index is 0.139. The highest BCUT2D eigenvalue weighted by atomic mass is 16.5. The second-order valence-corrected chi connectivity index (χ2v) is 5.16. The fraction of sp³-hybridized carbons (Fsp3) is 0.467. The molecule has 0 radical (unpaired) electrons. The molecule has 0 saturated carbocycles. The summed E-state index contributed by atoms with van der Waals surface area (Å²) in [6, 6.07) is 3.87. The van der Waals surface area contributed by atoms with Crippen molar-refractivity contribution in [2.24, 2.45) is 5.41 Å². The van der Waals surface area contributed by atoms with Crippen molar-refractivity contribution in [3.05, 3.63) is 23.8 Å². The molecule has 0 fully saturated rings. The molecule has 0 aliphatic carbocycles. The number of allylic oxidation sites excluding steroid dienone is 1. The van der Waals surface area contributed by atoms with Gasteiger partial charge in [0.2, 0.25) is 5.75 Å². The van der Waals surface area contributed by atoms with Crippen LogP contribution in [0.3, 0.4) is 0 Å². The predicted molar refractivity (Wildman–Crippen MR) is 74.6 cm³/mol. The van der Waals surface area contributed by atoms with E-state index in [4.69, 9.17) is 14.2 Å². The van der Waals surface area contributed by atoms with Gasteiger partial charge >= 0.3 is 0 Å². The summed E-state index contributed by atoms with van der Waals surface area (Å²) >= 11 is 0. The highest BCUT2D eigenvalue weighted by Gasteiger charge is 2.12. The molecule has 0 spiro atoms. The molecule has 0 saturated heterocycles. The molecule has 3 heteroatoms. The van der Waals surface area contributed by atoms with Gasteiger partial charge in [0, 0.05) is 0 Å². The highest BCUT2D eigenvalue weighted by Crippen LogP contribution is 2.38. The average Bonchev–Trinajstić information content (AvgIpc) is 2.33. The van der Waals surface area contributed by atoms with E-state index in [-0.39, 0.29) is 5.41 Å². The lowest BCUT2D eigenvalue weighted by Crippen LogP contribution is -1.99. The molecule has 0 N–H and O–H groups in total. The fourth-order valence-electron chi connectivity index (χ4n) is 1.54. The molecule has 3 nitrogen and oxygen atoms in total. The van der Waals surface area contributed by atoms with E-state index in [1.807, 2.05) is 12.1 Å². The van der Waals surface area contributed by atoms with Crippen LogP contribution in [0.5, 0.6) is 17.2 Å². The van der Waals surface area contributed by atoms with E-state index >= 15 is 0 Å². The maximum Gasteiger partial charge on any atom is 0.203 e. The lowest BCUT2D eigenvalue weighted by atomic mass is 9.95. The Bertz CT molecular complexity index is 403. The number of rotatable bonds is 4. The molecule has 0 amide bonds. The van der Waals surface area contributed by atoms with E-state index in [0.717, 1.165) is 5.56 Å². The van der Waals surface area contributed by atoms with Crippen LogP contribution in [0.25, 0.3) is 6.08 Å². The highest BCUT2D eigenvalue weighted by molar-refractivity contribution is 5.62. The first-order chi connectivity index (χ1) is 8.41. The first-order valence-corrected chi connectivity index (χ1v) is 5.90. The normalized spacial score (nSPS) is 11.7. The minimum atomic E-state index is 0.139. The Balaban J connectivity index is 3.19. The van der Waals surface area contributed by atoms with E-state index in [1.165, 1.54) is 0 Å². The Hall–Kier alpha value is -1.64. The number of hydrogen-bond donors (Lipinski definition) is 0. The largest absolute Gasteiger partial charge is 0.493 e. The number of hydrogen-bond acceptors (Lipinski definition) is 3. The number of ether oxygens (including phenoxy) is 3. The second-order valence-electron chi connectivity index (χ2n) is 5.16. The molecule has 18 heavy (non-hydrogen) atoms. The zero-order valence-electron chi connectivity index (χ0n) is 12.0. The molecule has 100 valence electrons. The Morgan fingerprint density at radius 2 is 1.39 bits per heavy atom. The maximum absolute atomic E-state index is 5.31. The van der Waals surface area contributed by atoms with Gasteiger partial charge in [0.1, 0.15) is 0 Å². The zero-order valence-corrected chi connectivity index (χ0v) is 12.0. The lowest BCUT2D eigenvalue weighted by Gasteiger charge is -2.14. The monoisotopic (exact) mass is 250 g/mol. The molecule has 0 atom stereocenters. The van der Waals surface area contributed by atoms with Crippen molar-refractivity contribution in [1.82, 2.24) is 0 Å². The molecule has 1 rings (SSSR count). The van der Waals surface area contributed by atoms with Crippen LogP contribution in [0.2, 0.25) is 0 Å². The summed E-state index contributed by atoms with van der Waals surface area (Å²) in [4.78, 5) is 0. The van der Waals surface area contributed by atoms with E-state index in [0.29, 0.717) is 17.2 Å². The number of benzene rings is 1. The quantitative estimate of drug-likeness (QED) is 0.814. The molecule has 0 heterocycles. The van der Waals surface area contributed by atoms with Crippen molar-refractivity contribution in [1.29, 1.82) is 0 Å². The van der Waals surface area contributed by atoms with Crippen LogP contribution >= 0.6 is 0 Å². The summed E-state index contributed by atoms with van der Waals surface area (Å²) in [6.45, 7) is 6.46. The molecular weight excluding hydrogens is 228 g/mol. The van der Waals surface area contributed by atoms with Crippen LogP contribution in [0, 0.1) is 5.41 Å². The van der Waals surface area contributed by atoms with Gasteiger partial charge in [-0.05, 0) is 23.1 Å². The van der Waals surface area contributed by atoms with Crippen molar-refractivity contribution in [2.75, 3.05) is 21.3 Å². The average molecular weight is 250 g/mol. The van der Waals surface area contributed by atoms with Crippen molar-refractivity contribution >= 4 is 6.08 Å². The van der Waals surface area contributed by atoms with Crippen LogP contribution in [0.4, 0.5) is 0 Å². The Labute approximate surface area is 109 Å². The summed E-state index contributed by atoms with van der Waals surface area (Å²) in [6.07, 6.45) is 4.21. The summed E-state index contributed by atoms with van der Waals surface area (Å²) in [5, 5.41) is 0. The van der Waals surface area contributed by atoms with Gasteiger partial charge in [-0.3, -0.25) is 0 Å². The Morgan fingerprint density at radius 3 is 1.72 bits per heavy atom. The SMILES string of the molecule is COc1cc(/C=C/C(C)(C)C)cc(OC)c1OC. The molecule has 1 aromatic carbocycles. The third-order valence-corrected chi connectivity index (χ3v) is 2.46. The number of methoxy groups -OCH3 is 3. The van der Waals surface area contributed by atoms with Crippen LogP contribution in [-0.2, 0) is 0 Å². The van der Waals surface area contributed by atoms with Gasteiger partial charge in [0.05, 0.1) is 21.3 Å². The fourth-order valence-corrected chi connectivity index (χ4v) is 1.54. The zero-order chi connectivity index (χ0) is 13.8. The van der Waals surface area contributed by atoms with Crippen molar-refractivity contribution in [3.8, 4) is 17.2 Å². The smallest absolute Gasteiger partial charge is 0.203 e. The first kappa shape index (κ1) is 14.4. The van der Waals surface area contributed by atoms with Crippen molar-refractivity contribution < 1.29 is 14.2 Å². The van der Waals surface area contributed by atoms with E-state index < -0.39 is 0 Å². The van der Waals surface area contributed by atoms with E-state index in [9.17, 15) is 0 Å². The standard InChI is InChI=1S/C15H22O3/c1-15(2,3)8-7-11-9-12(16-4)14(18-6)13(10-11)17-5/h7-10H,1-6H3/b8-7+. The third-order valence-electron chi connectivity index (χ3n) is 2.46. The summed E-state index contributed by atoms with van der Waals surface area (Å²) in [7, 11) is 4.84. The van der Waals surface area contributed by atoms with Gasteiger partial charge in [0.15, 0.2) is 11.5 Å². The third kappa shape index (κ3) is 3.69. The lowest BCUT2D eigenvalue weighted by molar-refractivity contribution is 0.324. The van der Waals surface area contributed by atoms with Crippen LogP contribution in [-0.4, -0.2) is 21.3 Å². The molecular formula is C15H22O3. The molecule has 0 bridgehead atoms. The molecule has 0 unspecified atom stereocenters. The maximum atomic E-state index is 5.31. The van der Waals surface area contributed by atoms with E-state index in [1.54, 1.807) is 21.3 Å². The predicted octanol–water partition coefficient (Wildman–Crippen LogP) is 3.77. The van der Waals surface area contributed by atoms with Crippen molar-refractivity contribution in [3.63, 3.8) is 0 Å². The second kappa shape index (κ2) is 5.80. The summed E-state index contributed by atoms with van der Waals surface area (Å²) < 4.78 is 15.9. The topological polar surface area (TPSA) is 27.7 Å².